The van der Waals surface area contributed by atoms with E-state index in [0.29, 0.717) is 29.3 Å². The molecule has 0 radical (unpaired) electrons. The Balaban J connectivity index is 1.70. The Hall–Kier alpha value is -0.370. The van der Waals surface area contributed by atoms with E-state index in [1.807, 2.05) is 0 Å². The normalized spacial score (nSPS) is 57.0. The fraction of sp³-hybridized carbons (Fsp3) is 0.950. The zero-order valence-corrected chi connectivity index (χ0v) is 14.3. The minimum absolute atomic E-state index is 0.0829. The largest absolute Gasteiger partial charge is 0.396 e. The van der Waals surface area contributed by atoms with Crippen molar-refractivity contribution in [3.8, 4) is 0 Å². The molecule has 0 unspecified atom stereocenters. The van der Waals surface area contributed by atoms with Gasteiger partial charge in [0.15, 0.2) is 0 Å². The molecule has 4 rings (SSSR count). The Morgan fingerprint density at radius 2 is 1.86 bits per heavy atom. The molecule has 22 heavy (non-hydrogen) atoms. The van der Waals surface area contributed by atoms with E-state index in [9.17, 15) is 9.90 Å². The van der Waals surface area contributed by atoms with Gasteiger partial charge in [-0.3, -0.25) is 0 Å². The Kier molecular flexibility index (Phi) is 3.32. The second-order valence-electron chi connectivity index (χ2n) is 9.68. The van der Waals surface area contributed by atoms with Gasteiger partial charge in [-0.1, -0.05) is 20.3 Å². The van der Waals surface area contributed by atoms with Crippen LogP contribution in [0.15, 0.2) is 0 Å². The van der Waals surface area contributed by atoms with Gasteiger partial charge in [-0.15, -0.1) is 0 Å². The van der Waals surface area contributed by atoms with Gasteiger partial charge < -0.3 is 9.90 Å². The number of aliphatic hydroxyl groups excluding tert-OH is 1. The van der Waals surface area contributed by atoms with Crippen LogP contribution >= 0.6 is 0 Å². The van der Waals surface area contributed by atoms with Crippen molar-refractivity contribution in [1.82, 2.24) is 0 Å². The fourth-order valence-electron chi connectivity index (χ4n) is 7.99. The highest BCUT2D eigenvalue weighted by atomic mass is 16.3. The lowest BCUT2D eigenvalue weighted by atomic mass is 9.41. The molecule has 0 aromatic rings. The maximum Gasteiger partial charge on any atom is 0.126 e. The molecule has 2 heteroatoms. The van der Waals surface area contributed by atoms with Gasteiger partial charge in [0.2, 0.25) is 0 Å². The first-order valence-electron chi connectivity index (χ1n) is 9.55. The first kappa shape index (κ1) is 15.2. The highest BCUT2D eigenvalue weighted by molar-refractivity contribution is 5.60. The Morgan fingerprint density at radius 1 is 1.05 bits per heavy atom. The Labute approximate surface area is 135 Å². The van der Waals surface area contributed by atoms with Gasteiger partial charge >= 0.3 is 0 Å². The summed E-state index contributed by atoms with van der Waals surface area (Å²) < 4.78 is 0. The van der Waals surface area contributed by atoms with Crippen LogP contribution in [-0.2, 0) is 4.79 Å². The van der Waals surface area contributed by atoms with Crippen LogP contribution in [0.3, 0.4) is 0 Å². The molecule has 4 fully saturated rings. The zero-order valence-electron chi connectivity index (χ0n) is 14.3. The van der Waals surface area contributed by atoms with Gasteiger partial charge in [0.25, 0.3) is 0 Å². The van der Waals surface area contributed by atoms with Crippen molar-refractivity contribution in [2.45, 2.75) is 71.6 Å². The predicted octanol–water partition coefficient (Wildman–Crippen LogP) is 4.21. The molecule has 4 aliphatic carbocycles. The van der Waals surface area contributed by atoms with Gasteiger partial charge in [-0.05, 0) is 85.9 Å². The number of aliphatic hydroxyl groups is 1. The quantitative estimate of drug-likeness (QED) is 0.776. The third kappa shape index (κ3) is 1.79. The summed E-state index contributed by atoms with van der Waals surface area (Å²) in [5, 5.41) is 9.77. The van der Waals surface area contributed by atoms with E-state index in [2.05, 4.69) is 13.8 Å². The smallest absolute Gasteiger partial charge is 0.126 e. The first-order chi connectivity index (χ1) is 10.5. The summed E-state index contributed by atoms with van der Waals surface area (Å²) in [6.45, 7) is 5.15. The molecule has 124 valence electrons. The van der Waals surface area contributed by atoms with Crippen molar-refractivity contribution >= 4 is 6.29 Å². The average molecular weight is 304 g/mol. The molecule has 0 aromatic carbocycles. The second kappa shape index (κ2) is 4.82. The summed E-state index contributed by atoms with van der Waals surface area (Å²) in [4.78, 5) is 11.9. The highest BCUT2D eigenvalue weighted by Gasteiger charge is 2.64. The van der Waals surface area contributed by atoms with Crippen molar-refractivity contribution in [1.29, 1.82) is 0 Å². The summed E-state index contributed by atoms with van der Waals surface area (Å²) in [6, 6.07) is 0. The lowest BCUT2D eigenvalue weighted by Crippen LogP contribution is -2.56. The molecule has 1 N–H and O–H groups in total. The zero-order chi connectivity index (χ0) is 15.6. The molecule has 0 aromatic heterocycles. The van der Waals surface area contributed by atoms with Crippen LogP contribution in [0, 0.1) is 39.9 Å². The van der Waals surface area contributed by atoms with Crippen molar-refractivity contribution < 1.29 is 9.90 Å². The predicted molar refractivity (Wildman–Crippen MR) is 87.3 cm³/mol. The molecule has 0 amide bonds. The molecular weight excluding hydrogens is 272 g/mol. The Morgan fingerprint density at radius 3 is 2.59 bits per heavy atom. The van der Waals surface area contributed by atoms with Crippen LogP contribution < -0.4 is 0 Å². The van der Waals surface area contributed by atoms with Crippen molar-refractivity contribution in [2.75, 3.05) is 6.61 Å². The van der Waals surface area contributed by atoms with E-state index in [-0.39, 0.29) is 5.41 Å². The third-order valence-electron chi connectivity index (χ3n) is 8.82. The van der Waals surface area contributed by atoms with Crippen LogP contribution in [0.1, 0.15) is 71.6 Å². The molecule has 7 atom stereocenters. The van der Waals surface area contributed by atoms with Crippen molar-refractivity contribution in [2.24, 2.45) is 39.9 Å². The van der Waals surface area contributed by atoms with Crippen LogP contribution in [0.2, 0.25) is 0 Å². The number of carbonyl (C=O) groups is 1. The minimum atomic E-state index is -0.0829. The summed E-state index contributed by atoms with van der Waals surface area (Å²) in [5.74, 6) is 2.73. The highest BCUT2D eigenvalue weighted by Crippen LogP contribution is 2.72. The summed E-state index contributed by atoms with van der Waals surface area (Å²) in [5.41, 5.74) is 0.782. The number of rotatable bonds is 2. The van der Waals surface area contributed by atoms with Gasteiger partial charge in [0.1, 0.15) is 6.29 Å². The molecular formula is C20H32O2. The molecule has 0 heterocycles. The van der Waals surface area contributed by atoms with Gasteiger partial charge in [-0.2, -0.15) is 0 Å². The lowest BCUT2D eigenvalue weighted by Gasteiger charge is -2.63. The van der Waals surface area contributed by atoms with Gasteiger partial charge in [-0.25, -0.2) is 0 Å². The third-order valence-corrected chi connectivity index (χ3v) is 8.82. The number of hydrogen-bond acceptors (Lipinski definition) is 2. The molecule has 4 saturated carbocycles. The second-order valence-corrected chi connectivity index (χ2v) is 9.68. The molecule has 0 saturated heterocycles. The van der Waals surface area contributed by atoms with Crippen LogP contribution in [0.4, 0.5) is 0 Å². The van der Waals surface area contributed by atoms with Crippen LogP contribution in [-0.4, -0.2) is 18.0 Å². The Bertz CT molecular complexity index is 474. The van der Waals surface area contributed by atoms with Gasteiger partial charge in [0.05, 0.1) is 0 Å². The first-order valence-corrected chi connectivity index (χ1v) is 9.55. The molecule has 2 nitrogen and oxygen atoms in total. The van der Waals surface area contributed by atoms with Crippen LogP contribution in [0.25, 0.3) is 0 Å². The van der Waals surface area contributed by atoms with Crippen molar-refractivity contribution in [3.05, 3.63) is 0 Å². The monoisotopic (exact) mass is 304 g/mol. The van der Waals surface area contributed by atoms with E-state index >= 15 is 0 Å². The SMILES string of the molecule is C[C@]12CCC[C@](C)(C=O)[C@H]1CC[C@@]13C[C@@H](CO)[C@@H](CC[C@@H]12)C3. The molecule has 2 bridgehead atoms. The number of carbonyl (C=O) groups excluding carboxylic acids is 1. The van der Waals surface area contributed by atoms with E-state index in [1.54, 1.807) is 0 Å². The molecule has 4 aliphatic rings. The standard InChI is InChI=1S/C20H32O2/c1-18(13-22)7-3-8-19(2)16(18)6-9-20-10-14(4-5-17(19)20)15(11-20)12-21/h13-17,21H,3-12H2,1-2H3/t14-,15-,16+,17+,18+,19-,20+/m0/s1. The topological polar surface area (TPSA) is 37.3 Å². The molecule has 1 spiro atoms. The van der Waals surface area contributed by atoms with Gasteiger partial charge in [0, 0.05) is 12.0 Å². The minimum Gasteiger partial charge on any atom is -0.396 e. The summed E-state index contributed by atoms with van der Waals surface area (Å²) in [6.07, 6.45) is 12.8. The molecule has 0 aliphatic heterocycles. The number of aldehydes is 1. The van der Waals surface area contributed by atoms with Crippen molar-refractivity contribution in [3.63, 3.8) is 0 Å². The van der Waals surface area contributed by atoms with E-state index in [1.165, 1.54) is 57.7 Å². The van der Waals surface area contributed by atoms with E-state index in [0.717, 1.165) is 18.3 Å². The number of fused-ring (bicyclic) bond motifs is 3. The average Bonchev–Trinajstić information content (AvgIpc) is 2.77. The van der Waals surface area contributed by atoms with E-state index < -0.39 is 0 Å². The maximum absolute atomic E-state index is 11.9. The maximum atomic E-state index is 11.9. The lowest BCUT2D eigenvalue weighted by molar-refractivity contribution is -0.157. The van der Waals surface area contributed by atoms with E-state index in [4.69, 9.17) is 0 Å². The summed E-state index contributed by atoms with van der Waals surface area (Å²) >= 11 is 0. The summed E-state index contributed by atoms with van der Waals surface area (Å²) in [7, 11) is 0. The van der Waals surface area contributed by atoms with Crippen LogP contribution in [0.5, 0.6) is 0 Å². The fourth-order valence-corrected chi connectivity index (χ4v) is 7.99. The number of hydrogen-bond donors (Lipinski definition) is 1.